The molecular formula is C31H40FN5O3. The summed E-state index contributed by atoms with van der Waals surface area (Å²) in [7, 11) is 0. The van der Waals surface area contributed by atoms with Crippen LogP contribution in [0.5, 0.6) is 0 Å². The topological polar surface area (TPSA) is 108 Å². The molecule has 3 amide bonds. The van der Waals surface area contributed by atoms with Crippen LogP contribution in [0.15, 0.2) is 42.5 Å². The van der Waals surface area contributed by atoms with Gasteiger partial charge in [0, 0.05) is 55.3 Å². The van der Waals surface area contributed by atoms with Crippen LogP contribution >= 0.6 is 0 Å². The Kier molecular flexibility index (Phi) is 8.99. The van der Waals surface area contributed by atoms with E-state index in [-0.39, 0.29) is 35.4 Å². The lowest BCUT2D eigenvalue weighted by Gasteiger charge is -2.39. The van der Waals surface area contributed by atoms with Gasteiger partial charge in [-0.2, -0.15) is 0 Å². The molecule has 4 N–H and O–H groups in total. The fourth-order valence-corrected chi connectivity index (χ4v) is 6.19. The zero-order valence-electron chi connectivity index (χ0n) is 23.0. The Hall–Kier alpha value is -3.46. The molecule has 3 aliphatic rings. The van der Waals surface area contributed by atoms with Crippen LogP contribution in [-0.2, 0) is 4.79 Å². The van der Waals surface area contributed by atoms with Gasteiger partial charge < -0.3 is 26.2 Å². The molecule has 1 saturated heterocycles. The fourth-order valence-electron chi connectivity index (χ4n) is 6.19. The van der Waals surface area contributed by atoms with Crippen molar-refractivity contribution in [1.29, 1.82) is 0 Å². The average Bonchev–Trinajstić information content (AvgIpc) is 2.98. The summed E-state index contributed by atoms with van der Waals surface area (Å²) < 4.78 is 13.8. The Morgan fingerprint density at radius 3 is 2.20 bits per heavy atom. The van der Waals surface area contributed by atoms with E-state index in [2.05, 4.69) is 15.5 Å². The Labute approximate surface area is 235 Å². The smallest absolute Gasteiger partial charge is 0.255 e. The van der Waals surface area contributed by atoms with Crippen molar-refractivity contribution in [1.82, 2.24) is 10.2 Å². The summed E-state index contributed by atoms with van der Waals surface area (Å²) in [5.41, 5.74) is 7.91. The number of nitrogens with two attached hydrogens (primary N) is 1. The van der Waals surface area contributed by atoms with Gasteiger partial charge in [-0.1, -0.05) is 25.3 Å². The van der Waals surface area contributed by atoms with Gasteiger partial charge in [0.05, 0.1) is 11.4 Å². The summed E-state index contributed by atoms with van der Waals surface area (Å²) >= 11 is 0. The van der Waals surface area contributed by atoms with Crippen molar-refractivity contribution in [3.05, 3.63) is 59.4 Å². The average molecular weight is 550 g/mol. The molecule has 0 aromatic heterocycles. The lowest BCUT2D eigenvalue weighted by molar-refractivity contribution is -0.136. The molecule has 214 valence electrons. The third-order valence-corrected chi connectivity index (χ3v) is 8.59. The maximum atomic E-state index is 13.8. The van der Waals surface area contributed by atoms with E-state index in [0.717, 1.165) is 57.1 Å². The van der Waals surface area contributed by atoms with Gasteiger partial charge in [-0.05, 0) is 74.9 Å². The Morgan fingerprint density at radius 2 is 1.50 bits per heavy atom. The molecule has 2 saturated carbocycles. The van der Waals surface area contributed by atoms with Gasteiger partial charge in [-0.15, -0.1) is 0 Å². The lowest BCUT2D eigenvalue weighted by Crippen LogP contribution is -2.50. The van der Waals surface area contributed by atoms with Gasteiger partial charge in [0.25, 0.3) is 11.8 Å². The summed E-state index contributed by atoms with van der Waals surface area (Å²) in [6, 6.07) is 11.1. The van der Waals surface area contributed by atoms with E-state index in [9.17, 15) is 18.8 Å². The molecule has 2 aromatic carbocycles. The maximum Gasteiger partial charge on any atom is 0.255 e. The fraction of sp³-hybridized carbons (Fsp3) is 0.516. The molecule has 8 nitrogen and oxygen atoms in total. The first kappa shape index (κ1) is 28.1. The zero-order valence-corrected chi connectivity index (χ0v) is 23.0. The first-order valence-corrected chi connectivity index (χ1v) is 14.7. The van der Waals surface area contributed by atoms with Crippen molar-refractivity contribution in [3.63, 3.8) is 0 Å². The monoisotopic (exact) mass is 549 g/mol. The summed E-state index contributed by atoms with van der Waals surface area (Å²) in [5.74, 6) is -0.748. The molecule has 0 bridgehead atoms. The molecule has 40 heavy (non-hydrogen) atoms. The number of benzene rings is 2. The number of nitrogens with one attached hydrogen (secondary N) is 2. The second-order valence-corrected chi connectivity index (χ2v) is 11.4. The number of hydrogen-bond acceptors (Lipinski definition) is 5. The van der Waals surface area contributed by atoms with Crippen molar-refractivity contribution < 1.29 is 18.8 Å². The Morgan fingerprint density at radius 1 is 0.800 bits per heavy atom. The number of hydrogen-bond donors (Lipinski definition) is 3. The number of carbonyl (C=O) groups excluding carboxylic acids is 3. The number of halogens is 1. The molecule has 1 heterocycles. The number of nitrogens with zero attached hydrogens (tertiary/aromatic N) is 2. The van der Waals surface area contributed by atoms with E-state index in [1.165, 1.54) is 24.6 Å². The molecular weight excluding hydrogens is 509 g/mol. The zero-order chi connectivity index (χ0) is 28.1. The van der Waals surface area contributed by atoms with Crippen LogP contribution in [0, 0.1) is 11.7 Å². The number of piperazine rings is 1. The van der Waals surface area contributed by atoms with Crippen LogP contribution in [0.4, 0.5) is 15.8 Å². The number of rotatable bonds is 6. The highest BCUT2D eigenvalue weighted by atomic mass is 19.1. The van der Waals surface area contributed by atoms with Crippen LogP contribution < -0.4 is 21.3 Å². The molecule has 0 radical (unpaired) electrons. The molecule has 1 aliphatic heterocycles. The number of carbonyl (C=O) groups is 3. The van der Waals surface area contributed by atoms with Crippen LogP contribution in [0.1, 0.15) is 78.5 Å². The third kappa shape index (κ3) is 6.81. The number of anilines is 2. The van der Waals surface area contributed by atoms with Crippen LogP contribution in [0.3, 0.4) is 0 Å². The molecule has 5 rings (SSSR count). The van der Waals surface area contributed by atoms with Crippen molar-refractivity contribution in [2.24, 2.45) is 11.7 Å². The van der Waals surface area contributed by atoms with E-state index in [0.29, 0.717) is 37.4 Å². The second kappa shape index (κ2) is 12.8. The van der Waals surface area contributed by atoms with Gasteiger partial charge in [0.2, 0.25) is 5.91 Å². The van der Waals surface area contributed by atoms with E-state index >= 15 is 0 Å². The normalized spacial score (nSPS) is 22.1. The summed E-state index contributed by atoms with van der Waals surface area (Å²) in [4.78, 5) is 43.4. The van der Waals surface area contributed by atoms with Gasteiger partial charge in [-0.25, -0.2) is 4.39 Å². The summed E-state index contributed by atoms with van der Waals surface area (Å²) in [6.45, 7) is 2.46. The predicted molar refractivity (Wildman–Crippen MR) is 154 cm³/mol. The molecule has 9 heteroatoms. The Balaban J connectivity index is 1.32. The molecule has 2 aliphatic carbocycles. The van der Waals surface area contributed by atoms with Crippen molar-refractivity contribution in [2.75, 3.05) is 36.4 Å². The minimum absolute atomic E-state index is 0.0760. The van der Waals surface area contributed by atoms with Crippen molar-refractivity contribution >= 4 is 29.1 Å². The SMILES string of the molecule is NC1CCC(NC(=O)c2ccc(N3CCN(C(=O)C4CCCCC4)CC3)c(NC(=O)c3cccc(F)c3)c2)CC1. The standard InChI is InChI=1S/C31H40FN5O3/c32-24-8-4-7-22(19-24)30(39)35-27-20-23(29(38)34-26-12-10-25(33)11-13-26)9-14-28(27)36-15-17-37(18-16-36)31(40)21-5-2-1-3-6-21/h4,7-9,14,19-21,25-26H,1-3,5-6,10-13,15-18,33H2,(H,34,38)(H,35,39). The van der Waals surface area contributed by atoms with Gasteiger partial charge in [0.1, 0.15) is 5.82 Å². The maximum absolute atomic E-state index is 13.8. The molecule has 0 spiro atoms. The van der Waals surface area contributed by atoms with Crippen LogP contribution in [-0.4, -0.2) is 60.9 Å². The highest BCUT2D eigenvalue weighted by Crippen LogP contribution is 2.31. The van der Waals surface area contributed by atoms with Crippen LogP contribution in [0.2, 0.25) is 0 Å². The lowest BCUT2D eigenvalue weighted by atomic mass is 9.88. The van der Waals surface area contributed by atoms with Gasteiger partial charge in [-0.3, -0.25) is 14.4 Å². The number of amides is 3. The second-order valence-electron chi connectivity index (χ2n) is 11.4. The summed E-state index contributed by atoms with van der Waals surface area (Å²) in [5, 5.41) is 6.03. The van der Waals surface area contributed by atoms with Gasteiger partial charge in [0.15, 0.2) is 0 Å². The predicted octanol–water partition coefficient (Wildman–Crippen LogP) is 4.31. The van der Waals surface area contributed by atoms with Crippen LogP contribution in [0.25, 0.3) is 0 Å². The quantitative estimate of drug-likeness (QED) is 0.498. The van der Waals surface area contributed by atoms with Crippen molar-refractivity contribution in [2.45, 2.75) is 69.9 Å². The van der Waals surface area contributed by atoms with E-state index in [1.54, 1.807) is 18.2 Å². The van der Waals surface area contributed by atoms with E-state index in [1.807, 2.05) is 11.0 Å². The molecule has 0 unspecified atom stereocenters. The molecule has 2 aromatic rings. The van der Waals surface area contributed by atoms with E-state index < -0.39 is 11.7 Å². The summed E-state index contributed by atoms with van der Waals surface area (Å²) in [6.07, 6.45) is 8.87. The highest BCUT2D eigenvalue weighted by Gasteiger charge is 2.29. The van der Waals surface area contributed by atoms with E-state index in [4.69, 9.17) is 5.73 Å². The van der Waals surface area contributed by atoms with Gasteiger partial charge >= 0.3 is 0 Å². The molecule has 0 atom stereocenters. The van der Waals surface area contributed by atoms with Crippen molar-refractivity contribution in [3.8, 4) is 0 Å². The minimum atomic E-state index is -0.494. The first-order chi connectivity index (χ1) is 19.4. The minimum Gasteiger partial charge on any atom is -0.366 e. The largest absolute Gasteiger partial charge is 0.366 e. The first-order valence-electron chi connectivity index (χ1n) is 14.7. The highest BCUT2D eigenvalue weighted by molar-refractivity contribution is 6.07. The molecule has 3 fully saturated rings. The Bertz CT molecular complexity index is 1220. The third-order valence-electron chi connectivity index (χ3n) is 8.59.